The molecule has 0 aliphatic carbocycles. The second-order valence-electron chi connectivity index (χ2n) is 5.25. The average molecular weight is 307 g/mol. The second kappa shape index (κ2) is 7.26. The number of nitrogens with zero attached hydrogens (tertiary/aromatic N) is 1. The number of aliphatic carboxylic acids is 1. The van der Waals surface area contributed by atoms with Crippen LogP contribution in [0.4, 0.5) is 0 Å². The third-order valence-corrected chi connectivity index (χ3v) is 4.02. The Labute approximate surface area is 129 Å². The van der Waals surface area contributed by atoms with E-state index < -0.39 is 17.9 Å². The predicted octanol–water partition coefficient (Wildman–Crippen LogP) is 1.71. The Morgan fingerprint density at radius 3 is 2.73 bits per heavy atom. The number of carboxylic acids is 1. The third kappa shape index (κ3) is 3.22. The van der Waals surface area contributed by atoms with E-state index in [1.807, 2.05) is 18.2 Å². The third-order valence-electron chi connectivity index (χ3n) is 4.02. The van der Waals surface area contributed by atoms with E-state index in [0.29, 0.717) is 25.3 Å². The summed E-state index contributed by atoms with van der Waals surface area (Å²) in [6, 6.07) is 6.71. The van der Waals surface area contributed by atoms with Gasteiger partial charge in [-0.15, -0.1) is 0 Å². The molecular weight excluding hydrogens is 286 g/mol. The Hall–Kier alpha value is -2.08. The Morgan fingerprint density at radius 2 is 2.09 bits per heavy atom. The van der Waals surface area contributed by atoms with E-state index in [2.05, 4.69) is 0 Å². The molecule has 0 spiro atoms. The zero-order valence-corrected chi connectivity index (χ0v) is 12.8. The van der Waals surface area contributed by atoms with E-state index in [9.17, 15) is 14.7 Å². The molecule has 1 aromatic carbocycles. The minimum Gasteiger partial charge on any atom is -0.496 e. The molecule has 0 saturated carbocycles. The molecule has 6 nitrogen and oxygen atoms in total. The van der Waals surface area contributed by atoms with Crippen LogP contribution in [0, 0.1) is 5.92 Å². The van der Waals surface area contributed by atoms with E-state index in [1.54, 1.807) is 25.2 Å². The van der Waals surface area contributed by atoms with E-state index >= 15 is 0 Å². The minimum atomic E-state index is -0.897. The van der Waals surface area contributed by atoms with Gasteiger partial charge < -0.3 is 19.5 Å². The number of carboxylic acid groups (broad SMARTS) is 1. The molecule has 0 radical (unpaired) electrons. The molecule has 2 rings (SSSR count). The van der Waals surface area contributed by atoms with Gasteiger partial charge in [0.25, 0.3) is 0 Å². The lowest BCUT2D eigenvalue weighted by molar-refractivity contribution is -0.152. The summed E-state index contributed by atoms with van der Waals surface area (Å²) < 4.78 is 10.4. The molecule has 1 heterocycles. The van der Waals surface area contributed by atoms with Gasteiger partial charge in [-0.25, -0.2) is 0 Å². The molecule has 1 aliphatic rings. The van der Waals surface area contributed by atoms with Gasteiger partial charge in [-0.3, -0.25) is 9.59 Å². The molecule has 6 heteroatoms. The van der Waals surface area contributed by atoms with Crippen LogP contribution in [0.1, 0.15) is 24.4 Å². The Bertz CT molecular complexity index is 545. The number of benzene rings is 1. The van der Waals surface area contributed by atoms with Crippen molar-refractivity contribution in [1.29, 1.82) is 0 Å². The smallest absolute Gasteiger partial charge is 0.308 e. The number of rotatable bonds is 6. The van der Waals surface area contributed by atoms with Crippen molar-refractivity contribution in [1.82, 2.24) is 4.90 Å². The summed E-state index contributed by atoms with van der Waals surface area (Å²) in [5.74, 6) is -1.00. The summed E-state index contributed by atoms with van der Waals surface area (Å²) in [6.07, 6.45) is 0.576. The molecule has 1 aromatic rings. The fraction of sp³-hybridized carbons (Fsp3) is 0.500. The van der Waals surface area contributed by atoms with Gasteiger partial charge in [0.05, 0.1) is 25.7 Å². The predicted molar refractivity (Wildman–Crippen MR) is 79.7 cm³/mol. The molecule has 0 unspecified atom stereocenters. The second-order valence-corrected chi connectivity index (χ2v) is 5.25. The summed E-state index contributed by atoms with van der Waals surface area (Å²) in [5, 5.41) is 9.55. The van der Waals surface area contributed by atoms with Crippen LogP contribution in [0.2, 0.25) is 0 Å². The van der Waals surface area contributed by atoms with E-state index in [-0.39, 0.29) is 12.3 Å². The molecule has 0 aromatic heterocycles. The number of para-hydroxylation sites is 1. The first-order valence-electron chi connectivity index (χ1n) is 7.24. The maximum Gasteiger partial charge on any atom is 0.308 e. The minimum absolute atomic E-state index is 0.0505. The molecular formula is C16H21NO5. The number of ether oxygens (including phenoxy) is 2. The van der Waals surface area contributed by atoms with Crippen LogP contribution in [0.25, 0.3) is 0 Å². The topological polar surface area (TPSA) is 76.1 Å². The van der Waals surface area contributed by atoms with Crippen molar-refractivity contribution in [2.75, 3.05) is 27.4 Å². The maximum absolute atomic E-state index is 12.3. The van der Waals surface area contributed by atoms with Crippen LogP contribution in [-0.4, -0.2) is 49.3 Å². The van der Waals surface area contributed by atoms with Crippen LogP contribution in [0.15, 0.2) is 24.3 Å². The fourth-order valence-electron chi connectivity index (χ4n) is 2.96. The summed E-state index contributed by atoms with van der Waals surface area (Å²) in [7, 11) is 3.10. The zero-order valence-electron chi connectivity index (χ0n) is 12.8. The molecule has 1 N–H and O–H groups in total. The van der Waals surface area contributed by atoms with Crippen molar-refractivity contribution in [3.05, 3.63) is 29.8 Å². The Balaban J connectivity index is 2.44. The molecule has 1 fully saturated rings. The largest absolute Gasteiger partial charge is 0.496 e. The SMILES string of the molecule is COCCN1C(=O)CC[C@H](C(=O)O)[C@H]1c1ccccc1OC. The van der Waals surface area contributed by atoms with Crippen LogP contribution < -0.4 is 4.74 Å². The first kappa shape index (κ1) is 16.3. The van der Waals surface area contributed by atoms with Gasteiger partial charge in [-0.1, -0.05) is 18.2 Å². The number of carbonyl (C=O) groups excluding carboxylic acids is 1. The van der Waals surface area contributed by atoms with E-state index in [0.717, 1.165) is 5.56 Å². The Morgan fingerprint density at radius 1 is 1.36 bits per heavy atom. The van der Waals surface area contributed by atoms with Gasteiger partial charge in [0.15, 0.2) is 0 Å². The monoisotopic (exact) mass is 307 g/mol. The highest BCUT2D eigenvalue weighted by Gasteiger charge is 2.41. The number of carbonyl (C=O) groups is 2. The lowest BCUT2D eigenvalue weighted by Gasteiger charge is -2.40. The first-order valence-corrected chi connectivity index (χ1v) is 7.24. The number of likely N-dealkylation sites (tertiary alicyclic amines) is 1. The van der Waals surface area contributed by atoms with Crippen molar-refractivity contribution < 1.29 is 24.2 Å². The average Bonchev–Trinajstić information content (AvgIpc) is 2.53. The quantitative estimate of drug-likeness (QED) is 0.866. The van der Waals surface area contributed by atoms with Crippen molar-refractivity contribution in [3.63, 3.8) is 0 Å². The molecule has 1 amide bonds. The van der Waals surface area contributed by atoms with Crippen molar-refractivity contribution in [3.8, 4) is 5.75 Å². The Kier molecular flexibility index (Phi) is 5.38. The number of piperidine rings is 1. The van der Waals surface area contributed by atoms with E-state index in [4.69, 9.17) is 9.47 Å². The van der Waals surface area contributed by atoms with Crippen molar-refractivity contribution in [2.45, 2.75) is 18.9 Å². The fourth-order valence-corrected chi connectivity index (χ4v) is 2.96. The zero-order chi connectivity index (χ0) is 16.1. The van der Waals surface area contributed by atoms with Crippen LogP contribution >= 0.6 is 0 Å². The number of hydrogen-bond donors (Lipinski definition) is 1. The van der Waals surface area contributed by atoms with Gasteiger partial charge in [-0.05, 0) is 12.5 Å². The molecule has 2 atom stereocenters. The highest BCUT2D eigenvalue weighted by molar-refractivity contribution is 5.82. The van der Waals surface area contributed by atoms with Gasteiger partial charge in [0.2, 0.25) is 5.91 Å². The number of amides is 1. The van der Waals surface area contributed by atoms with Crippen molar-refractivity contribution >= 4 is 11.9 Å². The standard InChI is InChI=1S/C16H21NO5/c1-21-10-9-17-14(18)8-7-12(16(19)20)15(17)11-5-3-4-6-13(11)22-2/h3-6,12,15H,7-10H2,1-2H3,(H,19,20)/t12-,15+/m0/s1. The highest BCUT2D eigenvalue weighted by atomic mass is 16.5. The van der Waals surface area contributed by atoms with Gasteiger partial charge in [-0.2, -0.15) is 0 Å². The van der Waals surface area contributed by atoms with Crippen LogP contribution in [0.3, 0.4) is 0 Å². The van der Waals surface area contributed by atoms with Crippen LogP contribution in [0.5, 0.6) is 5.75 Å². The molecule has 0 bridgehead atoms. The molecule has 120 valence electrons. The maximum atomic E-state index is 12.3. The summed E-state index contributed by atoms with van der Waals surface area (Å²) >= 11 is 0. The molecule has 1 aliphatic heterocycles. The van der Waals surface area contributed by atoms with Gasteiger partial charge in [0, 0.05) is 25.6 Å². The lowest BCUT2D eigenvalue weighted by Crippen LogP contribution is -2.46. The van der Waals surface area contributed by atoms with Gasteiger partial charge in [0.1, 0.15) is 5.75 Å². The summed E-state index contributed by atoms with van der Waals surface area (Å²) in [4.78, 5) is 25.5. The first-order chi connectivity index (χ1) is 10.6. The summed E-state index contributed by atoms with van der Waals surface area (Å²) in [6.45, 7) is 0.728. The summed E-state index contributed by atoms with van der Waals surface area (Å²) in [5.41, 5.74) is 0.724. The normalized spacial score (nSPS) is 21.7. The molecule has 1 saturated heterocycles. The molecule has 22 heavy (non-hydrogen) atoms. The van der Waals surface area contributed by atoms with E-state index in [1.165, 1.54) is 0 Å². The lowest BCUT2D eigenvalue weighted by atomic mass is 9.84. The number of methoxy groups -OCH3 is 2. The van der Waals surface area contributed by atoms with Gasteiger partial charge >= 0.3 is 5.97 Å². The van der Waals surface area contributed by atoms with Crippen LogP contribution in [-0.2, 0) is 14.3 Å². The van der Waals surface area contributed by atoms with Crippen molar-refractivity contribution in [2.24, 2.45) is 5.92 Å². The highest BCUT2D eigenvalue weighted by Crippen LogP contribution is 2.40. The number of hydrogen-bond acceptors (Lipinski definition) is 4.